The summed E-state index contributed by atoms with van der Waals surface area (Å²) in [6.45, 7) is 7.47. The van der Waals surface area contributed by atoms with Crippen molar-refractivity contribution in [2.45, 2.75) is 26.9 Å². The molecule has 0 saturated carbocycles. The summed E-state index contributed by atoms with van der Waals surface area (Å²) in [6, 6.07) is 5.35. The second-order valence-corrected chi connectivity index (χ2v) is 4.04. The van der Waals surface area contributed by atoms with E-state index in [1.54, 1.807) is 6.07 Å². The van der Waals surface area contributed by atoms with Crippen LogP contribution >= 0.6 is 0 Å². The van der Waals surface area contributed by atoms with E-state index in [-0.39, 0.29) is 5.82 Å². The molecular weight excluding hydrogens is 203 g/mol. The van der Waals surface area contributed by atoms with Crippen LogP contribution in [-0.2, 0) is 13.1 Å². The van der Waals surface area contributed by atoms with Crippen LogP contribution in [0.2, 0.25) is 0 Å². The smallest absolute Gasteiger partial charge is 0.127 e. The van der Waals surface area contributed by atoms with Gasteiger partial charge in [-0.05, 0) is 31.8 Å². The standard InChI is InChI=1S/C13H21FN2/c1-4-15-9-11-6-7-13(14)12(8-11)10-16(3)5-2/h6-8,15H,4-5,9-10H2,1-3H3. The fourth-order valence-corrected chi connectivity index (χ4v) is 1.53. The lowest BCUT2D eigenvalue weighted by atomic mass is 10.1. The van der Waals surface area contributed by atoms with Crippen molar-refractivity contribution in [1.29, 1.82) is 0 Å². The number of halogens is 1. The molecule has 1 aromatic carbocycles. The first kappa shape index (κ1) is 13.1. The maximum atomic E-state index is 13.5. The van der Waals surface area contributed by atoms with Crippen LogP contribution in [0.3, 0.4) is 0 Å². The number of nitrogens with one attached hydrogen (secondary N) is 1. The molecule has 16 heavy (non-hydrogen) atoms. The minimum Gasteiger partial charge on any atom is -0.313 e. The summed E-state index contributed by atoms with van der Waals surface area (Å²) in [5, 5.41) is 3.24. The maximum Gasteiger partial charge on any atom is 0.127 e. The lowest BCUT2D eigenvalue weighted by molar-refractivity contribution is 0.339. The highest BCUT2D eigenvalue weighted by Crippen LogP contribution is 2.12. The van der Waals surface area contributed by atoms with Gasteiger partial charge in [0.15, 0.2) is 0 Å². The van der Waals surface area contributed by atoms with E-state index >= 15 is 0 Å². The predicted octanol–water partition coefficient (Wildman–Crippen LogP) is 2.39. The first-order valence-electron chi connectivity index (χ1n) is 5.84. The van der Waals surface area contributed by atoms with E-state index < -0.39 is 0 Å². The van der Waals surface area contributed by atoms with Crippen molar-refractivity contribution < 1.29 is 4.39 Å². The first-order chi connectivity index (χ1) is 7.67. The molecule has 0 fully saturated rings. The molecule has 2 nitrogen and oxygen atoms in total. The highest BCUT2D eigenvalue weighted by molar-refractivity contribution is 5.25. The molecule has 0 saturated heterocycles. The molecule has 0 amide bonds. The second-order valence-electron chi connectivity index (χ2n) is 4.04. The molecule has 1 N–H and O–H groups in total. The van der Waals surface area contributed by atoms with Crippen LogP contribution in [0.15, 0.2) is 18.2 Å². The van der Waals surface area contributed by atoms with Crippen LogP contribution < -0.4 is 5.32 Å². The minimum absolute atomic E-state index is 0.111. The van der Waals surface area contributed by atoms with Crippen LogP contribution in [0.25, 0.3) is 0 Å². The molecule has 3 heteroatoms. The molecule has 0 aliphatic heterocycles. The van der Waals surface area contributed by atoms with Crippen molar-refractivity contribution >= 4 is 0 Å². The van der Waals surface area contributed by atoms with Gasteiger partial charge in [0.25, 0.3) is 0 Å². The minimum atomic E-state index is -0.111. The van der Waals surface area contributed by atoms with Gasteiger partial charge in [0, 0.05) is 18.7 Å². The number of rotatable bonds is 6. The molecule has 0 aliphatic carbocycles. The Balaban J connectivity index is 2.73. The van der Waals surface area contributed by atoms with Gasteiger partial charge in [0.2, 0.25) is 0 Å². The summed E-state index contributed by atoms with van der Waals surface area (Å²) in [4.78, 5) is 2.09. The van der Waals surface area contributed by atoms with Crippen LogP contribution in [-0.4, -0.2) is 25.0 Å². The van der Waals surface area contributed by atoms with E-state index in [4.69, 9.17) is 0 Å². The maximum absolute atomic E-state index is 13.5. The van der Waals surface area contributed by atoms with Gasteiger partial charge >= 0.3 is 0 Å². The van der Waals surface area contributed by atoms with Crippen LogP contribution in [0, 0.1) is 5.82 Å². The Labute approximate surface area is 97.5 Å². The van der Waals surface area contributed by atoms with Crippen molar-refractivity contribution in [2.75, 3.05) is 20.1 Å². The molecule has 0 aliphatic rings. The van der Waals surface area contributed by atoms with Gasteiger partial charge in [-0.15, -0.1) is 0 Å². The van der Waals surface area contributed by atoms with E-state index in [1.807, 2.05) is 19.2 Å². The van der Waals surface area contributed by atoms with Crippen LogP contribution in [0.1, 0.15) is 25.0 Å². The Kier molecular flexibility index (Phi) is 5.43. The zero-order valence-corrected chi connectivity index (χ0v) is 10.4. The van der Waals surface area contributed by atoms with Gasteiger partial charge < -0.3 is 10.2 Å². The van der Waals surface area contributed by atoms with Crippen molar-refractivity contribution in [3.8, 4) is 0 Å². The van der Waals surface area contributed by atoms with Crippen molar-refractivity contribution in [1.82, 2.24) is 10.2 Å². The van der Waals surface area contributed by atoms with E-state index in [0.717, 1.165) is 30.8 Å². The lowest BCUT2D eigenvalue weighted by Crippen LogP contribution is -2.18. The molecule has 0 spiro atoms. The van der Waals surface area contributed by atoms with E-state index in [1.165, 1.54) is 0 Å². The summed E-state index contributed by atoms with van der Waals surface area (Å²) < 4.78 is 13.5. The zero-order chi connectivity index (χ0) is 12.0. The molecule has 0 bridgehead atoms. The number of hydrogen-bond donors (Lipinski definition) is 1. The predicted molar refractivity (Wildman–Crippen MR) is 65.8 cm³/mol. The normalized spacial score (nSPS) is 11.1. The number of nitrogens with zero attached hydrogens (tertiary/aromatic N) is 1. The molecule has 1 aromatic rings. The Morgan fingerprint density at radius 1 is 1.31 bits per heavy atom. The summed E-state index contributed by atoms with van der Waals surface area (Å²) in [7, 11) is 2.00. The van der Waals surface area contributed by atoms with E-state index in [9.17, 15) is 4.39 Å². The quantitative estimate of drug-likeness (QED) is 0.798. The molecule has 90 valence electrons. The summed E-state index contributed by atoms with van der Waals surface area (Å²) in [5.41, 5.74) is 1.92. The third kappa shape index (κ3) is 3.91. The zero-order valence-electron chi connectivity index (χ0n) is 10.4. The van der Waals surface area contributed by atoms with E-state index in [0.29, 0.717) is 6.54 Å². The SMILES string of the molecule is CCNCc1ccc(F)c(CN(C)CC)c1. The average Bonchev–Trinajstić information content (AvgIpc) is 2.30. The molecule has 1 rings (SSSR count). The molecule has 0 aromatic heterocycles. The largest absolute Gasteiger partial charge is 0.313 e. The lowest BCUT2D eigenvalue weighted by Gasteiger charge is -2.15. The fourth-order valence-electron chi connectivity index (χ4n) is 1.53. The van der Waals surface area contributed by atoms with Crippen molar-refractivity contribution in [3.63, 3.8) is 0 Å². The summed E-state index contributed by atoms with van der Waals surface area (Å²) in [5.74, 6) is -0.111. The average molecular weight is 224 g/mol. The molecule has 0 unspecified atom stereocenters. The Morgan fingerprint density at radius 3 is 2.69 bits per heavy atom. The highest BCUT2D eigenvalue weighted by Gasteiger charge is 2.05. The Bertz CT molecular complexity index is 326. The number of hydrogen-bond acceptors (Lipinski definition) is 2. The third-order valence-electron chi connectivity index (χ3n) is 2.67. The third-order valence-corrected chi connectivity index (χ3v) is 2.67. The molecular formula is C13H21FN2. The first-order valence-corrected chi connectivity index (χ1v) is 5.84. The van der Waals surface area contributed by atoms with Crippen LogP contribution in [0.5, 0.6) is 0 Å². The summed E-state index contributed by atoms with van der Waals surface area (Å²) >= 11 is 0. The Hall–Kier alpha value is -0.930. The van der Waals surface area contributed by atoms with Crippen molar-refractivity contribution in [3.05, 3.63) is 35.1 Å². The van der Waals surface area contributed by atoms with Gasteiger partial charge in [-0.2, -0.15) is 0 Å². The van der Waals surface area contributed by atoms with Gasteiger partial charge in [-0.1, -0.05) is 26.0 Å². The van der Waals surface area contributed by atoms with E-state index in [2.05, 4.69) is 24.1 Å². The second kappa shape index (κ2) is 6.61. The monoisotopic (exact) mass is 224 g/mol. The van der Waals surface area contributed by atoms with Gasteiger partial charge in [0.05, 0.1) is 0 Å². The Morgan fingerprint density at radius 2 is 2.06 bits per heavy atom. The fraction of sp³-hybridized carbons (Fsp3) is 0.538. The van der Waals surface area contributed by atoms with Crippen LogP contribution in [0.4, 0.5) is 4.39 Å². The highest BCUT2D eigenvalue weighted by atomic mass is 19.1. The topological polar surface area (TPSA) is 15.3 Å². The van der Waals surface area contributed by atoms with Crippen molar-refractivity contribution in [2.24, 2.45) is 0 Å². The van der Waals surface area contributed by atoms with Gasteiger partial charge in [-0.3, -0.25) is 0 Å². The molecule has 0 radical (unpaired) electrons. The molecule has 0 heterocycles. The molecule has 0 atom stereocenters. The number of benzene rings is 1. The summed E-state index contributed by atoms with van der Waals surface area (Å²) in [6.07, 6.45) is 0. The van der Waals surface area contributed by atoms with Gasteiger partial charge in [0.1, 0.15) is 5.82 Å². The van der Waals surface area contributed by atoms with Gasteiger partial charge in [-0.25, -0.2) is 4.39 Å².